The van der Waals surface area contributed by atoms with Crippen LogP contribution in [0.3, 0.4) is 0 Å². The highest BCUT2D eigenvalue weighted by Gasteiger charge is 1.98. The zero-order chi connectivity index (χ0) is 10.7. The average molecular weight is 203 g/mol. The minimum Gasteiger partial charge on any atom is -0.364 e. The molecule has 0 saturated carbocycles. The molecular weight excluding hydrogens is 190 g/mol. The number of hydrogen-bond acceptors (Lipinski definition) is 4. The van der Waals surface area contributed by atoms with Crippen LogP contribution in [-0.2, 0) is 6.54 Å². The Morgan fingerprint density at radius 3 is 2.87 bits per heavy atom. The van der Waals surface area contributed by atoms with Crippen LogP contribution in [-0.4, -0.2) is 19.9 Å². The Kier molecular flexibility index (Phi) is 2.62. The molecule has 0 amide bonds. The van der Waals surface area contributed by atoms with Gasteiger partial charge in [-0.1, -0.05) is 0 Å². The van der Waals surface area contributed by atoms with E-state index in [0.29, 0.717) is 6.54 Å². The van der Waals surface area contributed by atoms with E-state index < -0.39 is 0 Å². The van der Waals surface area contributed by atoms with Crippen molar-refractivity contribution in [2.24, 2.45) is 0 Å². The van der Waals surface area contributed by atoms with Crippen LogP contribution >= 0.6 is 0 Å². The van der Waals surface area contributed by atoms with Crippen LogP contribution in [0.25, 0.3) is 0 Å². The Bertz CT molecular complexity index is 415. The van der Waals surface area contributed by atoms with Gasteiger partial charge in [0.25, 0.3) is 0 Å². The van der Waals surface area contributed by atoms with E-state index >= 15 is 0 Å². The molecule has 78 valence electrons. The van der Waals surface area contributed by atoms with Gasteiger partial charge in [0.05, 0.1) is 18.6 Å². The molecule has 2 aromatic heterocycles. The molecule has 5 heteroatoms. The molecule has 0 aliphatic carbocycles. The van der Waals surface area contributed by atoms with Gasteiger partial charge >= 0.3 is 0 Å². The minimum atomic E-state index is 0.690. The van der Waals surface area contributed by atoms with Gasteiger partial charge in [-0.2, -0.15) is 0 Å². The summed E-state index contributed by atoms with van der Waals surface area (Å²) in [4.78, 5) is 15.4. The quantitative estimate of drug-likeness (QED) is 0.791. The highest BCUT2D eigenvalue weighted by atomic mass is 15.0. The lowest BCUT2D eigenvalue weighted by atomic mass is 10.4. The summed E-state index contributed by atoms with van der Waals surface area (Å²) in [7, 11) is 0. The van der Waals surface area contributed by atoms with Crippen LogP contribution in [0.1, 0.15) is 17.2 Å². The number of nitrogens with zero attached hydrogens (tertiary/aromatic N) is 3. The maximum absolute atomic E-state index is 4.28. The standard InChI is InChI=1S/C10H13N5/c1-7-3-10(15-8(2)14-7)12-5-9-4-11-6-13-9/h3-4,6H,5H2,1-2H3,(H,11,13)(H,12,14,15). The third kappa shape index (κ3) is 2.52. The predicted octanol–water partition coefficient (Wildman–Crippen LogP) is 1.43. The van der Waals surface area contributed by atoms with Gasteiger partial charge in [0.15, 0.2) is 0 Å². The Morgan fingerprint density at radius 2 is 2.20 bits per heavy atom. The van der Waals surface area contributed by atoms with E-state index in [0.717, 1.165) is 23.0 Å². The summed E-state index contributed by atoms with van der Waals surface area (Å²) in [5, 5.41) is 3.21. The maximum atomic E-state index is 4.28. The highest BCUT2D eigenvalue weighted by Crippen LogP contribution is 2.06. The second-order valence-corrected chi connectivity index (χ2v) is 3.37. The summed E-state index contributed by atoms with van der Waals surface area (Å²) in [6.45, 7) is 4.53. The molecule has 2 rings (SSSR count). The summed E-state index contributed by atoms with van der Waals surface area (Å²) in [6.07, 6.45) is 3.45. The second-order valence-electron chi connectivity index (χ2n) is 3.37. The van der Waals surface area contributed by atoms with E-state index in [2.05, 4.69) is 25.3 Å². The first-order valence-corrected chi connectivity index (χ1v) is 4.77. The Labute approximate surface area is 88.0 Å². The lowest BCUT2D eigenvalue weighted by Crippen LogP contribution is -2.04. The molecule has 0 atom stereocenters. The predicted molar refractivity (Wildman–Crippen MR) is 57.4 cm³/mol. The molecule has 0 bridgehead atoms. The first-order valence-electron chi connectivity index (χ1n) is 4.77. The van der Waals surface area contributed by atoms with Crippen LogP contribution in [0.2, 0.25) is 0 Å². The van der Waals surface area contributed by atoms with Gasteiger partial charge in [0.1, 0.15) is 11.6 Å². The molecule has 2 N–H and O–H groups in total. The highest BCUT2D eigenvalue weighted by molar-refractivity contribution is 5.35. The molecule has 2 aromatic rings. The number of aryl methyl sites for hydroxylation is 2. The summed E-state index contributed by atoms with van der Waals surface area (Å²) in [5.74, 6) is 1.62. The molecular formula is C10H13N5. The number of aromatic amines is 1. The fraction of sp³-hybridized carbons (Fsp3) is 0.300. The molecule has 0 spiro atoms. The molecule has 0 aliphatic rings. The fourth-order valence-electron chi connectivity index (χ4n) is 1.37. The minimum absolute atomic E-state index is 0.690. The van der Waals surface area contributed by atoms with E-state index in [9.17, 15) is 0 Å². The molecule has 0 unspecified atom stereocenters. The van der Waals surface area contributed by atoms with E-state index in [1.165, 1.54) is 0 Å². The lowest BCUT2D eigenvalue weighted by Gasteiger charge is -2.05. The van der Waals surface area contributed by atoms with Gasteiger partial charge in [-0.3, -0.25) is 0 Å². The van der Waals surface area contributed by atoms with Gasteiger partial charge in [-0.25, -0.2) is 15.0 Å². The van der Waals surface area contributed by atoms with Crippen molar-refractivity contribution < 1.29 is 0 Å². The topological polar surface area (TPSA) is 66.5 Å². The molecule has 0 saturated heterocycles. The molecule has 0 aliphatic heterocycles. The maximum Gasteiger partial charge on any atom is 0.130 e. The normalized spacial score (nSPS) is 10.3. The Balaban J connectivity index is 2.05. The average Bonchev–Trinajstić information content (AvgIpc) is 2.65. The summed E-state index contributed by atoms with van der Waals surface area (Å²) in [6, 6.07) is 1.92. The van der Waals surface area contributed by atoms with Crippen molar-refractivity contribution in [1.29, 1.82) is 0 Å². The van der Waals surface area contributed by atoms with Gasteiger partial charge < -0.3 is 10.3 Å². The van der Waals surface area contributed by atoms with Gasteiger partial charge in [0, 0.05) is 18.0 Å². The van der Waals surface area contributed by atoms with Crippen molar-refractivity contribution in [1.82, 2.24) is 19.9 Å². The molecule has 15 heavy (non-hydrogen) atoms. The van der Waals surface area contributed by atoms with Crippen LogP contribution in [0, 0.1) is 13.8 Å². The first kappa shape index (κ1) is 9.64. The number of rotatable bonds is 3. The third-order valence-corrected chi connectivity index (χ3v) is 1.98. The molecule has 0 fully saturated rings. The van der Waals surface area contributed by atoms with Crippen LogP contribution in [0.5, 0.6) is 0 Å². The lowest BCUT2D eigenvalue weighted by molar-refractivity contribution is 0.981. The molecule has 0 aromatic carbocycles. The summed E-state index contributed by atoms with van der Waals surface area (Å²) >= 11 is 0. The number of anilines is 1. The SMILES string of the molecule is Cc1cc(NCc2cnc[nH]2)nc(C)n1. The van der Waals surface area contributed by atoms with Crippen molar-refractivity contribution in [2.45, 2.75) is 20.4 Å². The first-order chi connectivity index (χ1) is 7.24. The zero-order valence-electron chi connectivity index (χ0n) is 8.78. The van der Waals surface area contributed by atoms with Crippen LogP contribution in [0.4, 0.5) is 5.82 Å². The Morgan fingerprint density at radius 1 is 1.33 bits per heavy atom. The molecule has 5 nitrogen and oxygen atoms in total. The van der Waals surface area contributed by atoms with E-state index in [4.69, 9.17) is 0 Å². The number of H-pyrrole nitrogens is 1. The van der Waals surface area contributed by atoms with Gasteiger partial charge in [0.2, 0.25) is 0 Å². The van der Waals surface area contributed by atoms with Gasteiger partial charge in [-0.15, -0.1) is 0 Å². The van der Waals surface area contributed by atoms with Crippen molar-refractivity contribution in [2.75, 3.05) is 5.32 Å². The van der Waals surface area contributed by atoms with Crippen molar-refractivity contribution in [3.8, 4) is 0 Å². The largest absolute Gasteiger partial charge is 0.364 e. The van der Waals surface area contributed by atoms with Crippen LogP contribution in [0.15, 0.2) is 18.6 Å². The van der Waals surface area contributed by atoms with Crippen molar-refractivity contribution in [3.05, 3.63) is 35.8 Å². The number of imidazole rings is 1. The van der Waals surface area contributed by atoms with Crippen molar-refractivity contribution >= 4 is 5.82 Å². The van der Waals surface area contributed by atoms with E-state index in [-0.39, 0.29) is 0 Å². The number of hydrogen-bond donors (Lipinski definition) is 2. The molecule has 0 radical (unpaired) electrons. The monoisotopic (exact) mass is 203 g/mol. The van der Waals surface area contributed by atoms with E-state index in [1.807, 2.05) is 19.9 Å². The Hall–Kier alpha value is -1.91. The fourth-order valence-corrected chi connectivity index (χ4v) is 1.37. The third-order valence-electron chi connectivity index (χ3n) is 1.98. The second kappa shape index (κ2) is 4.08. The zero-order valence-corrected chi connectivity index (χ0v) is 8.78. The van der Waals surface area contributed by atoms with Gasteiger partial charge in [-0.05, 0) is 13.8 Å². The van der Waals surface area contributed by atoms with E-state index in [1.54, 1.807) is 12.5 Å². The number of aromatic nitrogens is 4. The van der Waals surface area contributed by atoms with Crippen LogP contribution < -0.4 is 5.32 Å². The summed E-state index contributed by atoms with van der Waals surface area (Å²) in [5.41, 5.74) is 2.00. The summed E-state index contributed by atoms with van der Waals surface area (Å²) < 4.78 is 0. The van der Waals surface area contributed by atoms with Crippen molar-refractivity contribution in [3.63, 3.8) is 0 Å². The molecule has 2 heterocycles. The number of nitrogens with one attached hydrogen (secondary N) is 2. The smallest absolute Gasteiger partial charge is 0.130 e.